The zero-order valence-corrected chi connectivity index (χ0v) is 10.3. The van der Waals surface area contributed by atoms with Crippen LogP contribution in [0.15, 0.2) is 6.07 Å². The molecule has 0 atom stereocenters. The number of thiocarbonyl (C=S) groups is 1. The van der Waals surface area contributed by atoms with Crippen molar-refractivity contribution in [2.45, 2.75) is 33.8 Å². The lowest BCUT2D eigenvalue weighted by Gasteiger charge is -2.15. The number of nitrogens with two attached hydrogens (primary N) is 1. The van der Waals surface area contributed by atoms with E-state index in [9.17, 15) is 0 Å². The zero-order chi connectivity index (χ0) is 11.6. The first-order valence-corrected chi connectivity index (χ1v) is 5.27. The Kier molecular flexibility index (Phi) is 3.63. The van der Waals surface area contributed by atoms with Gasteiger partial charge in [-0.15, -0.1) is 0 Å². The van der Waals surface area contributed by atoms with Crippen LogP contribution in [0.2, 0.25) is 0 Å². The number of aromatic nitrogens is 1. The van der Waals surface area contributed by atoms with Crippen molar-refractivity contribution in [1.82, 2.24) is 4.98 Å². The smallest absolute Gasteiger partial charge is 0.224 e. The molecule has 0 aliphatic heterocycles. The van der Waals surface area contributed by atoms with Crippen molar-refractivity contribution < 1.29 is 4.74 Å². The van der Waals surface area contributed by atoms with Gasteiger partial charge in [-0.25, -0.2) is 4.98 Å². The lowest BCUT2D eigenvalue weighted by molar-refractivity contribution is 0.231. The highest BCUT2D eigenvalue weighted by Crippen LogP contribution is 2.21. The fourth-order valence-electron chi connectivity index (χ4n) is 1.41. The van der Waals surface area contributed by atoms with Crippen LogP contribution in [0.1, 0.15) is 30.7 Å². The molecule has 1 aromatic rings. The number of ether oxygens (including phenoxy) is 1. The second kappa shape index (κ2) is 4.57. The molecule has 1 heterocycles. The molecule has 0 fully saturated rings. The summed E-state index contributed by atoms with van der Waals surface area (Å²) in [5, 5.41) is 0. The summed E-state index contributed by atoms with van der Waals surface area (Å²) in [4.78, 5) is 4.63. The van der Waals surface area contributed by atoms with Crippen molar-refractivity contribution in [2.75, 3.05) is 0 Å². The third-order valence-corrected chi connectivity index (χ3v) is 2.11. The summed E-state index contributed by atoms with van der Waals surface area (Å²) in [6, 6.07) is 1.95. The highest BCUT2D eigenvalue weighted by Gasteiger charge is 2.13. The van der Waals surface area contributed by atoms with Crippen LogP contribution in [0.25, 0.3) is 0 Å². The fourth-order valence-corrected chi connectivity index (χ4v) is 1.66. The Bertz CT molecular complexity index is 388. The Labute approximate surface area is 95.7 Å². The van der Waals surface area contributed by atoms with Crippen LogP contribution >= 0.6 is 12.2 Å². The van der Waals surface area contributed by atoms with Crippen molar-refractivity contribution in [1.29, 1.82) is 0 Å². The van der Waals surface area contributed by atoms with E-state index in [0.29, 0.717) is 10.9 Å². The average molecular weight is 224 g/mol. The summed E-state index contributed by atoms with van der Waals surface area (Å²) in [6.07, 6.45) is 0.0619. The highest BCUT2D eigenvalue weighted by atomic mass is 32.1. The molecule has 0 aliphatic rings. The van der Waals surface area contributed by atoms with Gasteiger partial charge in [-0.1, -0.05) is 12.2 Å². The predicted octanol–water partition coefficient (Wildman–Crippen LogP) is 2.12. The van der Waals surface area contributed by atoms with Crippen molar-refractivity contribution in [2.24, 2.45) is 5.73 Å². The maximum Gasteiger partial charge on any atom is 0.224 e. The van der Waals surface area contributed by atoms with Crippen LogP contribution < -0.4 is 10.5 Å². The molecular weight excluding hydrogens is 208 g/mol. The van der Waals surface area contributed by atoms with Gasteiger partial charge in [0.15, 0.2) is 0 Å². The molecule has 0 bridgehead atoms. The molecule has 0 saturated carbocycles. The second-order valence-corrected chi connectivity index (χ2v) is 4.23. The van der Waals surface area contributed by atoms with E-state index in [1.165, 1.54) is 0 Å². The molecule has 0 amide bonds. The minimum absolute atomic E-state index is 0.0619. The van der Waals surface area contributed by atoms with Gasteiger partial charge in [-0.05, 0) is 39.3 Å². The van der Waals surface area contributed by atoms with Gasteiger partial charge in [-0.3, -0.25) is 0 Å². The molecule has 82 valence electrons. The van der Waals surface area contributed by atoms with E-state index in [-0.39, 0.29) is 6.10 Å². The first kappa shape index (κ1) is 11.9. The Hall–Kier alpha value is -1.16. The van der Waals surface area contributed by atoms with Crippen molar-refractivity contribution in [3.63, 3.8) is 0 Å². The van der Waals surface area contributed by atoms with E-state index in [2.05, 4.69) is 4.98 Å². The number of hydrogen-bond donors (Lipinski definition) is 1. The molecule has 1 aromatic heterocycles. The molecule has 0 spiro atoms. The Balaban J connectivity index is 3.27. The summed E-state index contributed by atoms with van der Waals surface area (Å²) in [7, 11) is 0. The molecular formula is C11H16N2OS. The van der Waals surface area contributed by atoms with E-state index < -0.39 is 0 Å². The maximum absolute atomic E-state index is 5.65. The van der Waals surface area contributed by atoms with Gasteiger partial charge >= 0.3 is 0 Å². The van der Waals surface area contributed by atoms with Gasteiger partial charge < -0.3 is 10.5 Å². The second-order valence-electron chi connectivity index (χ2n) is 3.79. The number of pyridine rings is 1. The molecule has 0 saturated heterocycles. The molecule has 0 unspecified atom stereocenters. The molecule has 4 heteroatoms. The summed E-state index contributed by atoms with van der Waals surface area (Å²) < 4.78 is 5.59. The van der Waals surface area contributed by atoms with E-state index >= 15 is 0 Å². The van der Waals surface area contributed by atoms with Gasteiger partial charge in [0.25, 0.3) is 0 Å². The fraction of sp³-hybridized carbons (Fsp3) is 0.455. The zero-order valence-electron chi connectivity index (χ0n) is 9.50. The first-order chi connectivity index (χ1) is 6.91. The van der Waals surface area contributed by atoms with Crippen LogP contribution in [0, 0.1) is 13.8 Å². The number of aryl methyl sites for hydroxylation is 2. The Morgan fingerprint density at radius 1 is 1.47 bits per heavy atom. The van der Waals surface area contributed by atoms with Crippen LogP contribution in [0.4, 0.5) is 0 Å². The monoisotopic (exact) mass is 224 g/mol. The molecule has 15 heavy (non-hydrogen) atoms. The summed E-state index contributed by atoms with van der Waals surface area (Å²) in [6.45, 7) is 7.77. The van der Waals surface area contributed by atoms with Gasteiger partial charge in [0, 0.05) is 5.69 Å². The van der Waals surface area contributed by atoms with Crippen LogP contribution in [-0.2, 0) is 0 Å². The van der Waals surface area contributed by atoms with Gasteiger partial charge in [0.05, 0.1) is 11.7 Å². The normalized spacial score (nSPS) is 10.5. The summed E-state index contributed by atoms with van der Waals surface area (Å²) in [5.41, 5.74) is 8.30. The largest absolute Gasteiger partial charge is 0.474 e. The lowest BCUT2D eigenvalue weighted by Crippen LogP contribution is -2.17. The van der Waals surface area contributed by atoms with Crippen LogP contribution in [-0.4, -0.2) is 16.1 Å². The minimum Gasteiger partial charge on any atom is -0.474 e. The number of rotatable bonds is 3. The molecule has 0 aromatic carbocycles. The topological polar surface area (TPSA) is 48.1 Å². The van der Waals surface area contributed by atoms with Crippen molar-refractivity contribution in [3.05, 3.63) is 22.9 Å². The lowest BCUT2D eigenvalue weighted by atomic mass is 10.1. The van der Waals surface area contributed by atoms with Crippen LogP contribution in [0.3, 0.4) is 0 Å². The third-order valence-electron chi connectivity index (χ3n) is 1.91. The Morgan fingerprint density at radius 3 is 2.53 bits per heavy atom. The average Bonchev–Trinajstić information content (AvgIpc) is 1.99. The third kappa shape index (κ3) is 2.89. The van der Waals surface area contributed by atoms with Gasteiger partial charge in [0.1, 0.15) is 4.99 Å². The van der Waals surface area contributed by atoms with E-state index in [4.69, 9.17) is 22.7 Å². The van der Waals surface area contributed by atoms with Crippen molar-refractivity contribution >= 4 is 17.2 Å². The Morgan fingerprint density at radius 2 is 2.07 bits per heavy atom. The number of nitrogens with zero attached hydrogens (tertiary/aromatic N) is 1. The van der Waals surface area contributed by atoms with E-state index in [0.717, 1.165) is 16.8 Å². The van der Waals surface area contributed by atoms with Crippen molar-refractivity contribution in [3.8, 4) is 5.88 Å². The van der Waals surface area contributed by atoms with E-state index in [1.54, 1.807) is 0 Å². The quantitative estimate of drug-likeness (QED) is 0.799. The molecule has 2 N–H and O–H groups in total. The first-order valence-electron chi connectivity index (χ1n) is 4.86. The molecule has 0 radical (unpaired) electrons. The predicted molar refractivity (Wildman–Crippen MR) is 65.4 cm³/mol. The van der Waals surface area contributed by atoms with Gasteiger partial charge in [-0.2, -0.15) is 0 Å². The van der Waals surface area contributed by atoms with Crippen LogP contribution in [0.5, 0.6) is 5.88 Å². The SMILES string of the molecule is Cc1cc(C)c(C(N)=S)c(OC(C)C)n1. The molecule has 0 aliphatic carbocycles. The maximum atomic E-state index is 5.65. The molecule has 1 rings (SSSR count). The number of hydrogen-bond acceptors (Lipinski definition) is 3. The standard InChI is InChI=1S/C11H16N2OS/c1-6(2)14-11-9(10(12)15)7(3)5-8(4)13-11/h5-6H,1-4H3,(H2,12,15). The van der Waals surface area contributed by atoms with Gasteiger partial charge in [0.2, 0.25) is 5.88 Å². The minimum atomic E-state index is 0.0619. The summed E-state index contributed by atoms with van der Waals surface area (Å²) in [5.74, 6) is 0.537. The molecule has 3 nitrogen and oxygen atoms in total. The highest BCUT2D eigenvalue weighted by molar-refractivity contribution is 7.80. The summed E-state index contributed by atoms with van der Waals surface area (Å²) >= 11 is 4.99. The van der Waals surface area contributed by atoms with E-state index in [1.807, 2.05) is 33.8 Å².